The molecule has 0 bridgehead atoms. The largest absolute Gasteiger partial charge is 0.284 e. The van der Waals surface area contributed by atoms with Crippen molar-refractivity contribution in [2.24, 2.45) is 0 Å². The molecule has 0 saturated heterocycles. The van der Waals surface area contributed by atoms with Crippen molar-refractivity contribution in [1.82, 2.24) is 0 Å². The molecule has 2 nitrogen and oxygen atoms in total. The summed E-state index contributed by atoms with van der Waals surface area (Å²) in [6.07, 6.45) is 3.72. The fraction of sp³-hybridized carbons (Fsp3) is 0.240. The normalized spacial score (nSPS) is 15.2. The molecule has 0 spiro atoms. The Hall–Kier alpha value is -2.39. The van der Waals surface area contributed by atoms with E-state index in [0.717, 1.165) is 24.1 Å². The number of nitrogens with zero attached hydrogens (tertiary/aromatic N) is 2. The van der Waals surface area contributed by atoms with Gasteiger partial charge in [-0.15, -0.1) is 0 Å². The van der Waals surface area contributed by atoms with Crippen molar-refractivity contribution in [3.05, 3.63) is 101 Å². The topological polar surface area (TPSA) is 6.25 Å². The Bertz CT molecular complexity index is 918. The molecular weight excluding hydrogens is 408 g/mol. The van der Waals surface area contributed by atoms with Crippen molar-refractivity contribution in [3.63, 3.8) is 0 Å². The Morgan fingerprint density at radius 2 is 1.43 bits per heavy atom. The molecule has 0 saturated carbocycles. The van der Waals surface area contributed by atoms with Crippen LogP contribution in [0.2, 0.25) is 0 Å². The summed E-state index contributed by atoms with van der Waals surface area (Å²) >= 11 is 3.56. The van der Waals surface area contributed by atoms with E-state index < -0.39 is 0 Å². The van der Waals surface area contributed by atoms with Gasteiger partial charge in [-0.1, -0.05) is 64.5 Å². The zero-order valence-corrected chi connectivity index (χ0v) is 17.7. The van der Waals surface area contributed by atoms with Gasteiger partial charge in [0.1, 0.15) is 12.2 Å². The molecule has 0 radical (unpaired) electrons. The number of halogens is 1. The van der Waals surface area contributed by atoms with Crippen molar-refractivity contribution < 1.29 is 4.58 Å². The third kappa shape index (κ3) is 4.53. The van der Waals surface area contributed by atoms with E-state index in [1.165, 1.54) is 41.9 Å². The van der Waals surface area contributed by atoms with Gasteiger partial charge in [-0.2, -0.15) is 0 Å². The molecular formula is C25H26BrN2+. The van der Waals surface area contributed by atoms with Gasteiger partial charge in [0.05, 0.1) is 18.7 Å². The van der Waals surface area contributed by atoms with Crippen molar-refractivity contribution >= 4 is 27.5 Å². The second-order valence-corrected chi connectivity index (χ2v) is 8.20. The Kier molecular flexibility index (Phi) is 6.23. The van der Waals surface area contributed by atoms with E-state index in [2.05, 4.69) is 110 Å². The van der Waals surface area contributed by atoms with Gasteiger partial charge in [-0.25, -0.2) is 4.90 Å². The molecule has 4 rings (SSSR count). The number of anilines is 1. The van der Waals surface area contributed by atoms with Crippen molar-refractivity contribution in [2.45, 2.75) is 25.8 Å². The molecule has 142 valence electrons. The summed E-state index contributed by atoms with van der Waals surface area (Å²) in [5.74, 6) is 1.31. The highest BCUT2D eigenvalue weighted by Gasteiger charge is 2.28. The molecule has 0 aliphatic carbocycles. The summed E-state index contributed by atoms with van der Waals surface area (Å²) in [6.45, 7) is 3.04. The zero-order valence-electron chi connectivity index (χ0n) is 16.1. The molecule has 0 aromatic heterocycles. The first-order valence-electron chi connectivity index (χ1n) is 10.1. The maximum Gasteiger partial charge on any atom is 0.284 e. The minimum atomic E-state index is 0.918. The van der Waals surface area contributed by atoms with Crippen LogP contribution in [-0.4, -0.2) is 23.5 Å². The Labute approximate surface area is 176 Å². The number of hydrogen-bond donors (Lipinski definition) is 0. The van der Waals surface area contributed by atoms with Crippen LogP contribution in [0.3, 0.4) is 0 Å². The minimum Gasteiger partial charge on any atom is -0.257 e. The highest BCUT2D eigenvalue weighted by Crippen LogP contribution is 2.22. The predicted octanol–water partition coefficient (Wildman–Crippen LogP) is 6.10. The third-order valence-electron chi connectivity index (χ3n) is 5.25. The summed E-state index contributed by atoms with van der Waals surface area (Å²) in [7, 11) is 0. The summed E-state index contributed by atoms with van der Waals surface area (Å²) in [5, 5.41) is 0. The standard InChI is InChI=1S/C25H26BrN2/c26-23-16-14-21(15-17-23)20-27-18-8-3-9-19-28(24-12-6-2-7-13-24)25(27)22-10-4-1-5-11-22/h1-2,4-7,10-17H,3,8-9,18-20H2/q+1. The highest BCUT2D eigenvalue weighted by atomic mass is 79.9. The maximum absolute atomic E-state index is 3.56. The van der Waals surface area contributed by atoms with E-state index in [-0.39, 0.29) is 0 Å². The van der Waals surface area contributed by atoms with Crippen LogP contribution in [0.1, 0.15) is 30.4 Å². The Morgan fingerprint density at radius 1 is 0.750 bits per heavy atom. The molecule has 0 fully saturated rings. The second-order valence-electron chi connectivity index (χ2n) is 7.29. The summed E-state index contributed by atoms with van der Waals surface area (Å²) < 4.78 is 3.69. The first-order valence-corrected chi connectivity index (χ1v) is 10.8. The van der Waals surface area contributed by atoms with Gasteiger partial charge < -0.3 is 0 Å². The van der Waals surface area contributed by atoms with Crippen LogP contribution in [-0.2, 0) is 6.54 Å². The smallest absolute Gasteiger partial charge is 0.257 e. The van der Waals surface area contributed by atoms with Crippen LogP contribution in [0.25, 0.3) is 0 Å². The number of hydrogen-bond acceptors (Lipinski definition) is 1. The molecule has 0 unspecified atom stereocenters. The summed E-state index contributed by atoms with van der Waals surface area (Å²) in [4.78, 5) is 2.51. The Balaban J connectivity index is 1.83. The van der Waals surface area contributed by atoms with Crippen LogP contribution in [0.5, 0.6) is 0 Å². The molecule has 0 amide bonds. The van der Waals surface area contributed by atoms with Crippen LogP contribution in [0.4, 0.5) is 5.69 Å². The van der Waals surface area contributed by atoms with Gasteiger partial charge in [0.15, 0.2) is 0 Å². The molecule has 28 heavy (non-hydrogen) atoms. The monoisotopic (exact) mass is 433 g/mol. The SMILES string of the molecule is Brc1ccc(C[N+]2=C(c3ccccc3)N(c3ccccc3)CCCCC2)cc1. The fourth-order valence-corrected chi connectivity index (χ4v) is 4.15. The minimum absolute atomic E-state index is 0.918. The number of benzene rings is 3. The van der Waals surface area contributed by atoms with Gasteiger partial charge in [0, 0.05) is 4.47 Å². The quantitative estimate of drug-likeness (QED) is 0.450. The predicted molar refractivity (Wildman–Crippen MR) is 121 cm³/mol. The Morgan fingerprint density at radius 3 is 2.14 bits per heavy atom. The van der Waals surface area contributed by atoms with Crippen LogP contribution >= 0.6 is 15.9 Å². The zero-order chi connectivity index (χ0) is 19.2. The summed E-state index contributed by atoms with van der Waals surface area (Å²) in [5.41, 5.74) is 3.89. The molecule has 1 heterocycles. The van der Waals surface area contributed by atoms with E-state index in [1.807, 2.05) is 0 Å². The first-order chi connectivity index (χ1) is 13.8. The number of amidine groups is 1. The molecule has 1 aliphatic heterocycles. The lowest BCUT2D eigenvalue weighted by molar-refractivity contribution is -0.545. The molecule has 3 aromatic carbocycles. The fourth-order valence-electron chi connectivity index (χ4n) is 3.88. The van der Waals surface area contributed by atoms with Crippen molar-refractivity contribution in [2.75, 3.05) is 18.0 Å². The van der Waals surface area contributed by atoms with E-state index >= 15 is 0 Å². The van der Waals surface area contributed by atoms with E-state index in [1.54, 1.807) is 0 Å². The third-order valence-corrected chi connectivity index (χ3v) is 5.78. The lowest BCUT2D eigenvalue weighted by Gasteiger charge is -2.25. The molecule has 3 aromatic rings. The van der Waals surface area contributed by atoms with Gasteiger partial charge in [-0.3, -0.25) is 4.58 Å². The molecule has 0 atom stereocenters. The van der Waals surface area contributed by atoms with Crippen molar-refractivity contribution in [3.8, 4) is 0 Å². The highest BCUT2D eigenvalue weighted by molar-refractivity contribution is 9.10. The van der Waals surface area contributed by atoms with Crippen LogP contribution in [0.15, 0.2) is 89.4 Å². The number of para-hydroxylation sites is 1. The number of rotatable bonds is 4. The average molecular weight is 434 g/mol. The lowest BCUT2D eigenvalue weighted by atomic mass is 10.1. The van der Waals surface area contributed by atoms with Crippen LogP contribution < -0.4 is 4.90 Å². The lowest BCUT2D eigenvalue weighted by Crippen LogP contribution is -2.41. The molecule has 0 N–H and O–H groups in total. The van der Waals surface area contributed by atoms with Crippen molar-refractivity contribution in [1.29, 1.82) is 0 Å². The van der Waals surface area contributed by atoms with E-state index in [0.29, 0.717) is 0 Å². The van der Waals surface area contributed by atoms with E-state index in [4.69, 9.17) is 0 Å². The van der Waals surface area contributed by atoms with E-state index in [9.17, 15) is 0 Å². The maximum atomic E-state index is 3.56. The van der Waals surface area contributed by atoms with Crippen LogP contribution in [0, 0.1) is 0 Å². The second kappa shape index (κ2) is 9.20. The molecule has 3 heteroatoms. The van der Waals surface area contributed by atoms with Gasteiger partial charge in [0.25, 0.3) is 5.84 Å². The first kappa shape index (κ1) is 18.9. The summed E-state index contributed by atoms with van der Waals surface area (Å²) in [6, 6.07) is 30.4. The van der Waals surface area contributed by atoms with Gasteiger partial charge in [-0.05, 0) is 61.2 Å². The average Bonchev–Trinajstić information content (AvgIpc) is 2.73. The van der Waals surface area contributed by atoms with Gasteiger partial charge in [0.2, 0.25) is 0 Å². The van der Waals surface area contributed by atoms with Gasteiger partial charge >= 0.3 is 0 Å². The molecule has 1 aliphatic rings.